The number of aromatic amines is 1. The smallest absolute Gasteiger partial charge is 0.189 e. The number of nitrogens with one attached hydrogen (secondary N) is 1. The number of pyridine rings is 1. The lowest BCUT2D eigenvalue weighted by molar-refractivity contribution is 1.39. The summed E-state index contributed by atoms with van der Waals surface area (Å²) in [5.74, 6) is 0. The van der Waals surface area contributed by atoms with Crippen LogP contribution in [0.25, 0.3) is 23.1 Å². The number of halogens is 1. The molecule has 3 aromatic rings. The molecule has 0 unspecified atom stereocenters. The lowest BCUT2D eigenvalue weighted by atomic mass is 10.1. The molecule has 3 N–H and O–H groups in total. The van der Waals surface area contributed by atoms with Gasteiger partial charge in [0.1, 0.15) is 0 Å². The van der Waals surface area contributed by atoms with Gasteiger partial charge >= 0.3 is 0 Å². The fourth-order valence-corrected chi connectivity index (χ4v) is 2.57. The maximum absolute atomic E-state index is 12.0. The van der Waals surface area contributed by atoms with Gasteiger partial charge in [-0.2, -0.15) is 5.26 Å². The van der Waals surface area contributed by atoms with Gasteiger partial charge in [0.25, 0.3) is 0 Å². The van der Waals surface area contributed by atoms with Gasteiger partial charge in [0, 0.05) is 17.6 Å². The quantitative estimate of drug-likeness (QED) is 0.556. The van der Waals surface area contributed by atoms with Crippen molar-refractivity contribution in [1.82, 2.24) is 4.98 Å². The Morgan fingerprint density at radius 3 is 2.61 bits per heavy atom. The van der Waals surface area contributed by atoms with E-state index in [1.54, 1.807) is 30.5 Å². The van der Waals surface area contributed by atoms with Crippen LogP contribution < -0.4 is 11.2 Å². The molecule has 0 saturated heterocycles. The van der Waals surface area contributed by atoms with Crippen LogP contribution in [0.2, 0.25) is 5.02 Å². The average Bonchev–Trinajstić information content (AvgIpc) is 2.58. The highest BCUT2D eigenvalue weighted by atomic mass is 35.5. The first-order valence-electron chi connectivity index (χ1n) is 6.88. The van der Waals surface area contributed by atoms with Gasteiger partial charge in [0.05, 0.1) is 27.9 Å². The van der Waals surface area contributed by atoms with Gasteiger partial charge in [0.2, 0.25) is 0 Å². The Kier molecular flexibility index (Phi) is 3.88. The predicted octanol–water partition coefficient (Wildman–Crippen LogP) is 3.81. The third-order valence-electron chi connectivity index (χ3n) is 3.56. The number of anilines is 1. The van der Waals surface area contributed by atoms with Crippen molar-refractivity contribution in [3.63, 3.8) is 0 Å². The van der Waals surface area contributed by atoms with Gasteiger partial charge < -0.3 is 10.7 Å². The number of aromatic nitrogens is 1. The summed E-state index contributed by atoms with van der Waals surface area (Å²) < 4.78 is 0. The molecule has 0 aliphatic carbocycles. The highest BCUT2D eigenvalue weighted by molar-refractivity contribution is 6.38. The molecule has 5 heteroatoms. The summed E-state index contributed by atoms with van der Waals surface area (Å²) >= 11 is 6.26. The Bertz CT molecular complexity index is 1010. The minimum atomic E-state index is -0.117. The van der Waals surface area contributed by atoms with E-state index in [1.165, 1.54) is 6.07 Å². The van der Waals surface area contributed by atoms with E-state index in [2.05, 4.69) is 11.1 Å². The number of benzene rings is 2. The van der Waals surface area contributed by atoms with E-state index in [9.17, 15) is 4.79 Å². The van der Waals surface area contributed by atoms with Crippen molar-refractivity contribution in [2.24, 2.45) is 0 Å². The first kappa shape index (κ1) is 14.9. The summed E-state index contributed by atoms with van der Waals surface area (Å²) in [5, 5.41) is 9.62. The summed E-state index contributed by atoms with van der Waals surface area (Å²) in [7, 11) is 0. The second-order valence-electron chi connectivity index (χ2n) is 5.03. The zero-order valence-corrected chi connectivity index (χ0v) is 12.8. The topological polar surface area (TPSA) is 82.7 Å². The van der Waals surface area contributed by atoms with Crippen LogP contribution in [0.5, 0.6) is 0 Å². The minimum absolute atomic E-state index is 0.117. The molecule has 0 fully saturated rings. The second kappa shape index (κ2) is 5.99. The van der Waals surface area contributed by atoms with E-state index in [0.717, 1.165) is 5.56 Å². The van der Waals surface area contributed by atoms with E-state index < -0.39 is 0 Å². The van der Waals surface area contributed by atoms with Crippen LogP contribution in [0.4, 0.5) is 5.69 Å². The molecule has 0 aliphatic heterocycles. The second-order valence-corrected chi connectivity index (χ2v) is 5.40. The first-order chi connectivity index (χ1) is 11.1. The summed E-state index contributed by atoms with van der Waals surface area (Å²) in [6.07, 6.45) is 5.20. The number of hydrogen-bond donors (Lipinski definition) is 2. The predicted molar refractivity (Wildman–Crippen MR) is 94.1 cm³/mol. The van der Waals surface area contributed by atoms with Crippen LogP contribution in [-0.2, 0) is 0 Å². The number of rotatable bonds is 2. The molecule has 0 amide bonds. The molecule has 0 saturated carbocycles. The Morgan fingerprint density at radius 2 is 1.91 bits per heavy atom. The Hall–Kier alpha value is -3.03. The molecule has 4 nitrogen and oxygen atoms in total. The molecule has 0 spiro atoms. The third kappa shape index (κ3) is 2.83. The van der Waals surface area contributed by atoms with Crippen molar-refractivity contribution in [1.29, 1.82) is 5.26 Å². The van der Waals surface area contributed by atoms with Gasteiger partial charge in [0.15, 0.2) is 5.43 Å². The zero-order valence-electron chi connectivity index (χ0n) is 12.0. The van der Waals surface area contributed by atoms with Gasteiger partial charge in [-0.25, -0.2) is 0 Å². The average molecular weight is 322 g/mol. The van der Waals surface area contributed by atoms with E-state index in [0.29, 0.717) is 32.7 Å². The van der Waals surface area contributed by atoms with Crippen LogP contribution >= 0.6 is 11.6 Å². The fraction of sp³-hybridized carbons (Fsp3) is 0. The summed E-state index contributed by atoms with van der Waals surface area (Å²) in [6.45, 7) is 0. The van der Waals surface area contributed by atoms with Crippen molar-refractivity contribution in [2.75, 3.05) is 5.73 Å². The molecule has 1 aromatic heterocycles. The van der Waals surface area contributed by atoms with Crippen molar-refractivity contribution >= 4 is 40.3 Å². The Balaban J connectivity index is 2.07. The van der Waals surface area contributed by atoms with Gasteiger partial charge in [-0.1, -0.05) is 35.9 Å². The van der Waals surface area contributed by atoms with Gasteiger partial charge in [-0.05, 0) is 29.3 Å². The largest absolute Gasteiger partial charge is 0.397 e. The molecule has 0 radical (unpaired) electrons. The first-order valence-corrected chi connectivity index (χ1v) is 7.25. The normalized spacial score (nSPS) is 11.0. The van der Waals surface area contributed by atoms with Crippen molar-refractivity contribution in [3.05, 3.63) is 74.5 Å². The number of hydrogen-bond acceptors (Lipinski definition) is 3. The van der Waals surface area contributed by atoms with Crippen molar-refractivity contribution < 1.29 is 0 Å². The maximum atomic E-state index is 12.0. The lowest BCUT2D eigenvalue weighted by Gasteiger charge is -2.07. The van der Waals surface area contributed by atoms with E-state index in [-0.39, 0.29) is 5.43 Å². The number of nitriles is 1. The minimum Gasteiger partial charge on any atom is -0.397 e. The summed E-state index contributed by atoms with van der Waals surface area (Å²) in [6, 6.07) is 12.4. The highest BCUT2D eigenvalue weighted by Gasteiger charge is 2.09. The monoisotopic (exact) mass is 321 g/mol. The third-order valence-corrected chi connectivity index (χ3v) is 3.95. The fourth-order valence-electron chi connectivity index (χ4n) is 2.30. The number of fused-ring (bicyclic) bond motifs is 1. The van der Waals surface area contributed by atoms with Gasteiger partial charge in [-0.3, -0.25) is 4.79 Å². The Morgan fingerprint density at radius 1 is 1.17 bits per heavy atom. The molecule has 0 aliphatic rings. The van der Waals surface area contributed by atoms with Crippen LogP contribution in [-0.4, -0.2) is 4.98 Å². The molecular formula is C18H12ClN3O. The molecular weight excluding hydrogens is 310 g/mol. The van der Waals surface area contributed by atoms with E-state index >= 15 is 0 Å². The molecule has 0 bridgehead atoms. The van der Waals surface area contributed by atoms with Crippen molar-refractivity contribution in [3.8, 4) is 6.07 Å². The lowest BCUT2D eigenvalue weighted by Crippen LogP contribution is -2.03. The standard InChI is InChI=1S/C18H12ClN3O/c19-16-17(21)13(9-14-15(23)7-8-22-18(14)16)6-5-11-1-3-12(10-20)4-2-11/h1-9H,21H2,(H,22,23)/b6-5+. The van der Waals surface area contributed by atoms with E-state index in [4.69, 9.17) is 22.6 Å². The molecule has 2 aromatic carbocycles. The Labute approximate surface area is 137 Å². The zero-order chi connectivity index (χ0) is 16.4. The number of nitrogens with zero attached hydrogens (tertiary/aromatic N) is 1. The summed E-state index contributed by atoms with van der Waals surface area (Å²) in [4.78, 5) is 14.9. The molecule has 1 heterocycles. The van der Waals surface area contributed by atoms with E-state index in [1.807, 2.05) is 18.2 Å². The van der Waals surface area contributed by atoms with Crippen LogP contribution in [0.1, 0.15) is 16.7 Å². The van der Waals surface area contributed by atoms with Crippen molar-refractivity contribution in [2.45, 2.75) is 0 Å². The molecule has 3 rings (SSSR count). The van der Waals surface area contributed by atoms with Crippen LogP contribution in [0, 0.1) is 11.3 Å². The van der Waals surface area contributed by atoms with Crippen LogP contribution in [0.15, 0.2) is 47.4 Å². The molecule has 23 heavy (non-hydrogen) atoms. The molecule has 0 atom stereocenters. The SMILES string of the molecule is N#Cc1ccc(/C=C/c2cc3c(=O)cc[nH]c3c(Cl)c2N)cc1. The number of nitrogen functional groups attached to an aromatic ring is 1. The highest BCUT2D eigenvalue weighted by Crippen LogP contribution is 2.30. The maximum Gasteiger partial charge on any atom is 0.189 e. The molecule has 112 valence electrons. The van der Waals surface area contributed by atoms with Crippen LogP contribution in [0.3, 0.4) is 0 Å². The number of nitrogens with two attached hydrogens (primary N) is 1. The van der Waals surface area contributed by atoms with Gasteiger partial charge in [-0.15, -0.1) is 0 Å². The number of H-pyrrole nitrogens is 1. The summed E-state index contributed by atoms with van der Waals surface area (Å²) in [5.41, 5.74) is 9.07.